The molecular weight excluding hydrogens is 422 g/mol. The van der Waals surface area contributed by atoms with Gasteiger partial charge in [0.25, 0.3) is 0 Å². The van der Waals surface area contributed by atoms with Crippen molar-refractivity contribution in [2.45, 2.75) is 41.0 Å². The van der Waals surface area contributed by atoms with E-state index in [4.69, 9.17) is 22.1 Å². The monoisotopic (exact) mass is 459 g/mol. The van der Waals surface area contributed by atoms with Crippen molar-refractivity contribution < 1.29 is 9.84 Å². The standard InChI is InChI=1S/C22H31N5O2S.C2H6/c1-4-5-7-20(8-14-28)26-10-12-27(13-11-26)22(30)25-24-9-6-15-29-21-16-18(2)17-23-19(21)3;1-2/h4-5,7-9,14,16-17,28H,6,10-13,15H2,1-3H3,(H,25,30);1-2H3/b5-4-,14-8+,20-7+,24-9+;. The van der Waals surface area contributed by atoms with Gasteiger partial charge in [0.2, 0.25) is 0 Å². The number of rotatable bonds is 8. The van der Waals surface area contributed by atoms with Crippen LogP contribution in [-0.4, -0.2) is 64.0 Å². The van der Waals surface area contributed by atoms with Crippen LogP contribution in [0.5, 0.6) is 5.75 Å². The Balaban J connectivity index is 0.00000249. The molecule has 176 valence electrons. The molecule has 1 aromatic rings. The van der Waals surface area contributed by atoms with E-state index in [0.29, 0.717) is 18.1 Å². The number of ether oxygens (including phenoxy) is 1. The van der Waals surface area contributed by atoms with E-state index in [-0.39, 0.29) is 0 Å². The van der Waals surface area contributed by atoms with Crippen LogP contribution in [0.1, 0.15) is 38.4 Å². The largest absolute Gasteiger partial charge is 0.516 e. The minimum Gasteiger partial charge on any atom is -0.516 e. The summed E-state index contributed by atoms with van der Waals surface area (Å²) in [5, 5.41) is 13.9. The second kappa shape index (κ2) is 15.9. The number of aliphatic hydroxyl groups excluding tert-OH is 1. The topological polar surface area (TPSA) is 73.2 Å². The van der Waals surface area contributed by atoms with Crippen molar-refractivity contribution in [3.05, 3.63) is 59.8 Å². The Morgan fingerprint density at radius 2 is 1.94 bits per heavy atom. The number of piperazine rings is 1. The SMILES string of the molecule is CC.C\C=C/C=C(\C=C\O)N1CCN(C(=S)N/N=C/CCOc2cc(C)cnc2C)CC1. The highest BCUT2D eigenvalue weighted by Gasteiger charge is 2.19. The molecule has 1 aromatic heterocycles. The number of hydrazone groups is 1. The van der Waals surface area contributed by atoms with Crippen molar-refractivity contribution in [3.8, 4) is 5.75 Å². The number of hydrogen-bond donors (Lipinski definition) is 2. The van der Waals surface area contributed by atoms with Crippen LogP contribution in [0.4, 0.5) is 0 Å². The summed E-state index contributed by atoms with van der Waals surface area (Å²) in [5.41, 5.74) is 5.87. The van der Waals surface area contributed by atoms with Crippen molar-refractivity contribution in [1.29, 1.82) is 0 Å². The van der Waals surface area contributed by atoms with Gasteiger partial charge in [0, 0.05) is 50.7 Å². The van der Waals surface area contributed by atoms with Gasteiger partial charge in [0.1, 0.15) is 5.75 Å². The third-order valence-corrected chi connectivity index (χ3v) is 4.92. The van der Waals surface area contributed by atoms with Crippen molar-refractivity contribution in [2.75, 3.05) is 32.8 Å². The highest BCUT2D eigenvalue weighted by molar-refractivity contribution is 7.80. The van der Waals surface area contributed by atoms with Crippen molar-refractivity contribution in [3.63, 3.8) is 0 Å². The van der Waals surface area contributed by atoms with Gasteiger partial charge >= 0.3 is 0 Å². The lowest BCUT2D eigenvalue weighted by atomic mass is 10.2. The fourth-order valence-electron chi connectivity index (χ4n) is 2.92. The average Bonchev–Trinajstić information content (AvgIpc) is 2.82. The summed E-state index contributed by atoms with van der Waals surface area (Å²) in [6.07, 6.45) is 13.0. The number of aryl methyl sites for hydroxylation is 2. The van der Waals surface area contributed by atoms with E-state index < -0.39 is 0 Å². The Hall–Kier alpha value is -2.87. The normalized spacial score (nSPS) is 14.7. The predicted octanol–water partition coefficient (Wildman–Crippen LogP) is 4.50. The zero-order chi connectivity index (χ0) is 23.8. The molecule has 0 radical (unpaired) electrons. The highest BCUT2D eigenvalue weighted by atomic mass is 32.1. The Morgan fingerprint density at radius 1 is 1.25 bits per heavy atom. The van der Waals surface area contributed by atoms with Crippen LogP contribution in [0.25, 0.3) is 0 Å². The minimum absolute atomic E-state index is 0.530. The Bertz CT molecular complexity index is 813. The third kappa shape index (κ3) is 9.51. The molecule has 0 atom stereocenters. The first-order valence-electron chi connectivity index (χ1n) is 11.1. The van der Waals surface area contributed by atoms with Gasteiger partial charge in [0.05, 0.1) is 18.6 Å². The van der Waals surface area contributed by atoms with Gasteiger partial charge in [-0.3, -0.25) is 10.4 Å². The van der Waals surface area contributed by atoms with Gasteiger partial charge in [-0.2, -0.15) is 5.10 Å². The molecule has 0 unspecified atom stereocenters. The molecule has 1 aliphatic heterocycles. The van der Waals surface area contributed by atoms with Gasteiger partial charge in [0.15, 0.2) is 5.11 Å². The summed E-state index contributed by atoms with van der Waals surface area (Å²) < 4.78 is 5.76. The molecule has 2 N–H and O–H groups in total. The number of nitrogens with zero attached hydrogens (tertiary/aromatic N) is 4. The molecular formula is C24H37N5O2S. The summed E-state index contributed by atoms with van der Waals surface area (Å²) >= 11 is 5.45. The highest BCUT2D eigenvalue weighted by Crippen LogP contribution is 2.16. The summed E-state index contributed by atoms with van der Waals surface area (Å²) in [6, 6.07) is 1.99. The van der Waals surface area contributed by atoms with E-state index in [9.17, 15) is 0 Å². The van der Waals surface area contributed by atoms with Crippen LogP contribution in [-0.2, 0) is 0 Å². The molecule has 1 fully saturated rings. The molecule has 2 rings (SSSR count). The molecule has 1 saturated heterocycles. The van der Waals surface area contributed by atoms with E-state index >= 15 is 0 Å². The number of pyridine rings is 1. The minimum atomic E-state index is 0.530. The summed E-state index contributed by atoms with van der Waals surface area (Å²) in [6.45, 7) is 13.6. The molecule has 0 bridgehead atoms. The fourth-order valence-corrected chi connectivity index (χ4v) is 3.16. The zero-order valence-electron chi connectivity index (χ0n) is 19.9. The first kappa shape index (κ1) is 27.2. The van der Waals surface area contributed by atoms with E-state index in [2.05, 4.69) is 25.3 Å². The van der Waals surface area contributed by atoms with Gasteiger partial charge < -0.3 is 19.6 Å². The Morgan fingerprint density at radius 3 is 2.59 bits per heavy atom. The van der Waals surface area contributed by atoms with Crippen molar-refractivity contribution >= 4 is 23.5 Å². The average molecular weight is 460 g/mol. The van der Waals surface area contributed by atoms with Crippen molar-refractivity contribution in [2.24, 2.45) is 5.10 Å². The van der Waals surface area contributed by atoms with E-state index in [0.717, 1.165) is 55.1 Å². The molecule has 1 aliphatic rings. The van der Waals surface area contributed by atoms with E-state index in [1.165, 1.54) is 0 Å². The van der Waals surface area contributed by atoms with Crippen LogP contribution in [0.3, 0.4) is 0 Å². The Kier molecular flexibility index (Phi) is 13.5. The van der Waals surface area contributed by atoms with E-state index in [1.807, 2.05) is 65.1 Å². The molecule has 0 spiro atoms. The molecule has 0 amide bonds. The van der Waals surface area contributed by atoms with Crippen LogP contribution >= 0.6 is 12.2 Å². The number of hydrogen-bond acceptors (Lipinski definition) is 6. The first-order valence-corrected chi connectivity index (χ1v) is 11.5. The smallest absolute Gasteiger partial charge is 0.189 e. The Labute approximate surface area is 198 Å². The first-order chi connectivity index (χ1) is 15.5. The second-order valence-corrected chi connectivity index (χ2v) is 7.26. The maximum absolute atomic E-state index is 9.11. The van der Waals surface area contributed by atoms with Crippen LogP contribution in [0.2, 0.25) is 0 Å². The van der Waals surface area contributed by atoms with E-state index in [1.54, 1.807) is 12.3 Å². The van der Waals surface area contributed by atoms with Gasteiger partial charge in [-0.15, -0.1) is 0 Å². The lowest BCUT2D eigenvalue weighted by molar-refractivity contribution is 0.225. The van der Waals surface area contributed by atoms with Gasteiger partial charge in [-0.25, -0.2) is 0 Å². The summed E-state index contributed by atoms with van der Waals surface area (Å²) in [7, 11) is 0. The molecule has 0 aliphatic carbocycles. The quantitative estimate of drug-likeness (QED) is 0.148. The fraction of sp³-hybridized carbons (Fsp3) is 0.458. The van der Waals surface area contributed by atoms with Gasteiger partial charge in [-0.1, -0.05) is 26.0 Å². The summed E-state index contributed by atoms with van der Waals surface area (Å²) in [4.78, 5) is 8.60. The number of thiocarbonyl (C=S) groups is 1. The molecule has 7 nitrogen and oxygen atoms in total. The van der Waals surface area contributed by atoms with Crippen LogP contribution < -0.4 is 10.2 Å². The maximum Gasteiger partial charge on any atom is 0.189 e. The number of nitrogens with one attached hydrogen (secondary N) is 1. The van der Waals surface area contributed by atoms with Crippen LogP contribution in [0, 0.1) is 13.8 Å². The molecule has 8 heteroatoms. The molecule has 0 aromatic carbocycles. The molecule has 0 saturated carbocycles. The maximum atomic E-state index is 9.11. The number of aliphatic hydroxyl groups is 1. The van der Waals surface area contributed by atoms with Crippen LogP contribution in [0.15, 0.2) is 53.6 Å². The number of aromatic nitrogens is 1. The summed E-state index contributed by atoms with van der Waals surface area (Å²) in [5.74, 6) is 0.809. The molecule has 32 heavy (non-hydrogen) atoms. The molecule has 2 heterocycles. The third-order valence-electron chi connectivity index (χ3n) is 4.57. The second-order valence-electron chi connectivity index (χ2n) is 6.87. The lowest BCUT2D eigenvalue weighted by Crippen LogP contribution is -2.50. The predicted molar refractivity (Wildman–Crippen MR) is 137 cm³/mol. The zero-order valence-corrected chi connectivity index (χ0v) is 20.7. The van der Waals surface area contributed by atoms with Crippen molar-refractivity contribution in [1.82, 2.24) is 20.2 Å². The van der Waals surface area contributed by atoms with Gasteiger partial charge in [-0.05, 0) is 56.8 Å². The lowest BCUT2D eigenvalue weighted by Gasteiger charge is -2.37. The number of allylic oxidation sites excluding steroid dienone is 4.